The van der Waals surface area contributed by atoms with Crippen molar-refractivity contribution in [3.8, 4) is 0 Å². The Hall–Kier alpha value is -3.26. The van der Waals surface area contributed by atoms with Crippen molar-refractivity contribution in [1.29, 1.82) is 0 Å². The number of hydrazone groups is 1. The van der Waals surface area contributed by atoms with E-state index >= 15 is 0 Å². The Kier molecular flexibility index (Phi) is 5.70. The topological polar surface area (TPSA) is 113 Å². The molecule has 0 aromatic heterocycles. The number of nitro benzene ring substituents is 1. The highest BCUT2D eigenvalue weighted by Gasteiger charge is 2.34. The van der Waals surface area contributed by atoms with Crippen molar-refractivity contribution in [2.24, 2.45) is 5.10 Å². The summed E-state index contributed by atoms with van der Waals surface area (Å²) in [5.74, 6) is -1.49. The molecule has 1 aliphatic heterocycles. The van der Waals surface area contributed by atoms with Crippen LogP contribution in [-0.4, -0.2) is 32.6 Å². The number of non-ortho nitro benzene ring substituents is 1. The molecule has 0 bridgehead atoms. The Labute approximate surface area is 165 Å². The average molecular weight is 402 g/mol. The Morgan fingerprint density at radius 2 is 1.86 bits per heavy atom. The third kappa shape index (κ3) is 4.17. The van der Waals surface area contributed by atoms with Crippen LogP contribution in [0.3, 0.4) is 0 Å². The van der Waals surface area contributed by atoms with Crippen LogP contribution in [0.15, 0.2) is 53.6 Å². The lowest BCUT2D eigenvalue weighted by Gasteiger charge is -2.22. The van der Waals surface area contributed by atoms with Crippen molar-refractivity contribution in [2.75, 3.05) is 0 Å². The predicted octanol–water partition coefficient (Wildman–Crippen LogP) is 3.79. The standard InChI is InChI=1S/C19H16ClN3O5/c20-15-4-2-1-3-14(15)17-11-16(12-5-7-13(8-6-12)23(27)28)21-22(17)18(24)9-10-19(25)26/h1-8,17H,9-11H2,(H,25,26)/t17-/m0/s1. The average Bonchev–Trinajstić information content (AvgIpc) is 3.11. The molecule has 0 saturated heterocycles. The molecule has 2 aromatic rings. The number of carbonyl (C=O) groups excluding carboxylic acids is 1. The van der Waals surface area contributed by atoms with Crippen molar-refractivity contribution in [2.45, 2.75) is 25.3 Å². The first kappa shape index (κ1) is 19.5. The number of nitro groups is 1. The zero-order chi connectivity index (χ0) is 20.3. The van der Waals surface area contributed by atoms with Gasteiger partial charge in [-0.25, -0.2) is 5.01 Å². The van der Waals surface area contributed by atoms with Crippen LogP contribution in [0.4, 0.5) is 5.69 Å². The van der Waals surface area contributed by atoms with Crippen molar-refractivity contribution in [1.82, 2.24) is 5.01 Å². The molecule has 8 nitrogen and oxygen atoms in total. The number of hydrogen-bond donors (Lipinski definition) is 1. The van der Waals surface area contributed by atoms with Crippen LogP contribution in [0, 0.1) is 10.1 Å². The minimum Gasteiger partial charge on any atom is -0.481 e. The van der Waals surface area contributed by atoms with E-state index < -0.39 is 22.8 Å². The van der Waals surface area contributed by atoms with Crippen molar-refractivity contribution < 1.29 is 19.6 Å². The normalized spacial score (nSPS) is 16.0. The molecule has 1 aliphatic rings. The Balaban J connectivity index is 1.92. The molecule has 1 amide bonds. The second-order valence-electron chi connectivity index (χ2n) is 6.22. The van der Waals surface area contributed by atoms with Gasteiger partial charge in [0, 0.05) is 30.0 Å². The minimum atomic E-state index is -1.07. The number of nitrogens with zero attached hydrogens (tertiary/aromatic N) is 3. The molecule has 0 saturated carbocycles. The molecule has 2 aromatic carbocycles. The van der Waals surface area contributed by atoms with Crippen LogP contribution in [0.5, 0.6) is 0 Å². The number of carboxylic acid groups (broad SMARTS) is 1. The number of carbonyl (C=O) groups is 2. The van der Waals surface area contributed by atoms with E-state index in [-0.39, 0.29) is 18.5 Å². The second-order valence-corrected chi connectivity index (χ2v) is 6.63. The summed E-state index contributed by atoms with van der Waals surface area (Å²) in [5.41, 5.74) is 1.88. The number of rotatable bonds is 6. The zero-order valence-electron chi connectivity index (χ0n) is 14.6. The predicted molar refractivity (Wildman–Crippen MR) is 102 cm³/mol. The fourth-order valence-corrected chi connectivity index (χ4v) is 3.27. The molecular weight excluding hydrogens is 386 g/mol. The second kappa shape index (κ2) is 8.18. The monoisotopic (exact) mass is 401 g/mol. The fraction of sp³-hybridized carbons (Fsp3) is 0.211. The van der Waals surface area contributed by atoms with Gasteiger partial charge in [-0.05, 0) is 29.3 Å². The Morgan fingerprint density at radius 3 is 2.46 bits per heavy atom. The van der Waals surface area contributed by atoms with Gasteiger partial charge in [0.25, 0.3) is 5.69 Å². The molecule has 1 atom stereocenters. The van der Waals surface area contributed by atoms with E-state index in [9.17, 15) is 19.7 Å². The van der Waals surface area contributed by atoms with Crippen LogP contribution < -0.4 is 0 Å². The lowest BCUT2D eigenvalue weighted by atomic mass is 9.98. The summed E-state index contributed by atoms with van der Waals surface area (Å²) in [6.45, 7) is 0. The molecule has 0 aliphatic carbocycles. The maximum Gasteiger partial charge on any atom is 0.303 e. The highest BCUT2D eigenvalue weighted by atomic mass is 35.5. The SMILES string of the molecule is O=C(O)CCC(=O)N1N=C(c2ccc([N+](=O)[O-])cc2)C[C@H]1c1ccccc1Cl. The van der Waals surface area contributed by atoms with Gasteiger partial charge >= 0.3 is 5.97 Å². The summed E-state index contributed by atoms with van der Waals surface area (Å²) in [6.07, 6.45) is -0.124. The maximum atomic E-state index is 12.6. The van der Waals surface area contributed by atoms with Gasteiger partial charge in [0.15, 0.2) is 0 Å². The lowest BCUT2D eigenvalue weighted by Crippen LogP contribution is -2.27. The number of hydrogen-bond acceptors (Lipinski definition) is 5. The summed E-state index contributed by atoms with van der Waals surface area (Å²) < 4.78 is 0. The largest absolute Gasteiger partial charge is 0.481 e. The van der Waals surface area contributed by atoms with E-state index in [1.165, 1.54) is 17.1 Å². The van der Waals surface area contributed by atoms with Crippen LogP contribution >= 0.6 is 11.6 Å². The van der Waals surface area contributed by atoms with Crippen LogP contribution in [0.2, 0.25) is 5.02 Å². The highest BCUT2D eigenvalue weighted by Crippen LogP contribution is 2.36. The zero-order valence-corrected chi connectivity index (χ0v) is 15.4. The first-order chi connectivity index (χ1) is 13.4. The summed E-state index contributed by atoms with van der Waals surface area (Å²) in [6, 6.07) is 12.5. The van der Waals surface area contributed by atoms with E-state index in [0.717, 1.165) is 0 Å². The Bertz CT molecular complexity index is 958. The van der Waals surface area contributed by atoms with Gasteiger partial charge in [0.2, 0.25) is 5.91 Å². The van der Waals surface area contributed by atoms with Gasteiger partial charge in [0.05, 0.1) is 23.1 Å². The van der Waals surface area contributed by atoms with Crippen molar-refractivity contribution in [3.63, 3.8) is 0 Å². The first-order valence-corrected chi connectivity index (χ1v) is 8.85. The molecule has 28 heavy (non-hydrogen) atoms. The van der Waals surface area contributed by atoms with E-state index in [0.29, 0.717) is 28.3 Å². The molecule has 9 heteroatoms. The fourth-order valence-electron chi connectivity index (χ4n) is 3.01. The molecular formula is C19H16ClN3O5. The highest BCUT2D eigenvalue weighted by molar-refractivity contribution is 6.31. The quantitative estimate of drug-likeness (QED) is 0.584. The van der Waals surface area contributed by atoms with Crippen molar-refractivity contribution in [3.05, 3.63) is 74.8 Å². The maximum absolute atomic E-state index is 12.6. The summed E-state index contributed by atoms with van der Waals surface area (Å²) in [4.78, 5) is 33.7. The number of carboxylic acids is 1. The van der Waals surface area contributed by atoms with E-state index in [1.54, 1.807) is 36.4 Å². The van der Waals surface area contributed by atoms with Gasteiger partial charge in [-0.2, -0.15) is 5.10 Å². The van der Waals surface area contributed by atoms with Gasteiger partial charge in [0.1, 0.15) is 0 Å². The third-order valence-corrected chi connectivity index (χ3v) is 4.74. The number of halogens is 1. The first-order valence-electron chi connectivity index (χ1n) is 8.47. The Morgan fingerprint density at radius 1 is 1.18 bits per heavy atom. The molecule has 3 rings (SSSR count). The van der Waals surface area contributed by atoms with Gasteiger partial charge < -0.3 is 5.11 Å². The molecule has 1 N–H and O–H groups in total. The smallest absolute Gasteiger partial charge is 0.303 e. The molecule has 0 radical (unpaired) electrons. The summed E-state index contributed by atoms with van der Waals surface area (Å²) in [7, 11) is 0. The lowest BCUT2D eigenvalue weighted by molar-refractivity contribution is -0.384. The van der Waals surface area contributed by atoms with Crippen LogP contribution in [0.25, 0.3) is 0 Å². The van der Waals surface area contributed by atoms with Gasteiger partial charge in [-0.15, -0.1) is 0 Å². The van der Waals surface area contributed by atoms with Crippen LogP contribution in [-0.2, 0) is 9.59 Å². The summed E-state index contributed by atoms with van der Waals surface area (Å²) in [5, 5.41) is 25.8. The van der Waals surface area contributed by atoms with Gasteiger partial charge in [-0.1, -0.05) is 29.8 Å². The molecule has 144 valence electrons. The number of benzene rings is 2. The van der Waals surface area contributed by atoms with E-state index in [1.807, 2.05) is 0 Å². The molecule has 1 heterocycles. The minimum absolute atomic E-state index is 0.0422. The third-order valence-electron chi connectivity index (χ3n) is 4.39. The van der Waals surface area contributed by atoms with E-state index in [4.69, 9.17) is 16.7 Å². The number of amides is 1. The molecule has 0 fully saturated rings. The van der Waals surface area contributed by atoms with Crippen LogP contribution in [0.1, 0.15) is 36.4 Å². The number of aliphatic carboxylic acids is 1. The van der Waals surface area contributed by atoms with Gasteiger partial charge in [-0.3, -0.25) is 19.7 Å². The van der Waals surface area contributed by atoms with Crippen molar-refractivity contribution >= 4 is 34.9 Å². The van der Waals surface area contributed by atoms with E-state index in [2.05, 4.69) is 5.10 Å². The summed E-state index contributed by atoms with van der Waals surface area (Å²) >= 11 is 6.29. The molecule has 0 spiro atoms. The molecule has 0 unspecified atom stereocenters.